The van der Waals surface area contributed by atoms with E-state index in [2.05, 4.69) is 10.6 Å². The van der Waals surface area contributed by atoms with Gasteiger partial charge in [0.2, 0.25) is 0 Å². The lowest BCUT2D eigenvalue weighted by Gasteiger charge is -2.34. The standard InChI is InChI=1S/C9H18N2O/c1-10-8-2-3-9(6-8)7-11-4-5-12-9/h8,10-11H,2-7H2,1H3. The Morgan fingerprint density at radius 1 is 1.58 bits per heavy atom. The van der Waals surface area contributed by atoms with Crippen LogP contribution in [0.5, 0.6) is 0 Å². The second kappa shape index (κ2) is 3.32. The van der Waals surface area contributed by atoms with Crippen LogP contribution in [-0.2, 0) is 4.74 Å². The molecule has 2 atom stereocenters. The van der Waals surface area contributed by atoms with Gasteiger partial charge in [-0.15, -0.1) is 0 Å². The fourth-order valence-electron chi connectivity index (χ4n) is 2.34. The van der Waals surface area contributed by atoms with Crippen molar-refractivity contribution in [3.63, 3.8) is 0 Å². The summed E-state index contributed by atoms with van der Waals surface area (Å²) in [6.07, 6.45) is 3.65. The molecule has 0 aromatic carbocycles. The van der Waals surface area contributed by atoms with Gasteiger partial charge in [0.1, 0.15) is 0 Å². The summed E-state index contributed by atoms with van der Waals surface area (Å²) in [7, 11) is 2.04. The predicted molar refractivity (Wildman–Crippen MR) is 48.3 cm³/mol. The zero-order valence-electron chi connectivity index (χ0n) is 7.73. The molecule has 0 aromatic rings. The maximum absolute atomic E-state index is 5.86. The maximum atomic E-state index is 5.86. The van der Waals surface area contributed by atoms with E-state index in [0.717, 1.165) is 19.7 Å². The van der Waals surface area contributed by atoms with Crippen molar-refractivity contribution in [3.8, 4) is 0 Å². The third-order valence-corrected chi connectivity index (χ3v) is 3.11. The van der Waals surface area contributed by atoms with Crippen LogP contribution in [0.1, 0.15) is 19.3 Å². The first kappa shape index (κ1) is 8.48. The predicted octanol–water partition coefficient (Wildman–Crippen LogP) is 0.117. The number of rotatable bonds is 1. The van der Waals surface area contributed by atoms with Crippen molar-refractivity contribution in [1.29, 1.82) is 0 Å². The van der Waals surface area contributed by atoms with E-state index in [0.29, 0.717) is 6.04 Å². The fraction of sp³-hybridized carbons (Fsp3) is 1.00. The minimum atomic E-state index is 0.173. The normalized spacial score (nSPS) is 42.2. The van der Waals surface area contributed by atoms with Crippen molar-refractivity contribution in [2.45, 2.75) is 30.9 Å². The van der Waals surface area contributed by atoms with Gasteiger partial charge in [0, 0.05) is 19.1 Å². The number of ether oxygens (including phenoxy) is 1. The van der Waals surface area contributed by atoms with Gasteiger partial charge in [-0.1, -0.05) is 0 Å². The smallest absolute Gasteiger partial charge is 0.0822 e. The fourth-order valence-corrected chi connectivity index (χ4v) is 2.34. The molecule has 0 amide bonds. The van der Waals surface area contributed by atoms with Crippen molar-refractivity contribution in [2.75, 3.05) is 26.7 Å². The highest BCUT2D eigenvalue weighted by atomic mass is 16.5. The van der Waals surface area contributed by atoms with E-state index in [4.69, 9.17) is 4.74 Å². The van der Waals surface area contributed by atoms with Crippen LogP contribution < -0.4 is 10.6 Å². The van der Waals surface area contributed by atoms with Crippen LogP contribution in [0, 0.1) is 0 Å². The second-order valence-corrected chi connectivity index (χ2v) is 3.94. The Hall–Kier alpha value is -0.120. The average Bonchev–Trinajstić information content (AvgIpc) is 2.50. The molecule has 2 unspecified atom stereocenters. The molecule has 2 fully saturated rings. The molecule has 2 N–H and O–H groups in total. The van der Waals surface area contributed by atoms with Crippen LogP contribution >= 0.6 is 0 Å². The van der Waals surface area contributed by atoms with Gasteiger partial charge in [-0.25, -0.2) is 0 Å². The van der Waals surface area contributed by atoms with Gasteiger partial charge in [0.25, 0.3) is 0 Å². The second-order valence-electron chi connectivity index (χ2n) is 3.94. The number of morpholine rings is 1. The van der Waals surface area contributed by atoms with Crippen LogP contribution in [0.15, 0.2) is 0 Å². The highest BCUT2D eigenvalue weighted by Crippen LogP contribution is 2.33. The monoisotopic (exact) mass is 170 g/mol. The first-order chi connectivity index (χ1) is 5.85. The van der Waals surface area contributed by atoms with E-state index in [-0.39, 0.29) is 5.60 Å². The molecule has 2 aliphatic rings. The zero-order chi connectivity index (χ0) is 8.44. The Morgan fingerprint density at radius 2 is 2.50 bits per heavy atom. The Bertz CT molecular complexity index is 155. The molecular formula is C9H18N2O. The Labute approximate surface area is 73.9 Å². The van der Waals surface area contributed by atoms with Gasteiger partial charge in [-0.3, -0.25) is 0 Å². The van der Waals surface area contributed by atoms with E-state index >= 15 is 0 Å². The van der Waals surface area contributed by atoms with Crippen molar-refractivity contribution >= 4 is 0 Å². The molecule has 12 heavy (non-hydrogen) atoms. The van der Waals surface area contributed by atoms with E-state index in [1.807, 2.05) is 7.05 Å². The SMILES string of the molecule is CNC1CCC2(CNCCO2)C1. The molecule has 1 aliphatic carbocycles. The van der Waals surface area contributed by atoms with Gasteiger partial charge >= 0.3 is 0 Å². The van der Waals surface area contributed by atoms with Crippen molar-refractivity contribution in [1.82, 2.24) is 10.6 Å². The van der Waals surface area contributed by atoms with E-state index in [1.54, 1.807) is 0 Å². The largest absolute Gasteiger partial charge is 0.372 e. The lowest BCUT2D eigenvalue weighted by atomic mass is 10.0. The molecule has 3 heteroatoms. The first-order valence-corrected chi connectivity index (χ1v) is 4.87. The van der Waals surface area contributed by atoms with Crippen molar-refractivity contribution in [3.05, 3.63) is 0 Å². The summed E-state index contributed by atoms with van der Waals surface area (Å²) < 4.78 is 5.86. The molecule has 1 spiro atoms. The average molecular weight is 170 g/mol. The third kappa shape index (κ3) is 1.49. The minimum Gasteiger partial charge on any atom is -0.372 e. The third-order valence-electron chi connectivity index (χ3n) is 3.11. The summed E-state index contributed by atoms with van der Waals surface area (Å²) in [5.41, 5.74) is 0.173. The molecule has 3 nitrogen and oxygen atoms in total. The topological polar surface area (TPSA) is 33.3 Å². The molecule has 70 valence electrons. The summed E-state index contributed by atoms with van der Waals surface area (Å²) in [6.45, 7) is 2.95. The Balaban J connectivity index is 1.94. The van der Waals surface area contributed by atoms with Gasteiger partial charge in [-0.05, 0) is 26.3 Å². The highest BCUT2D eigenvalue weighted by molar-refractivity contribution is 4.96. The number of nitrogens with one attached hydrogen (secondary N) is 2. The van der Waals surface area contributed by atoms with E-state index < -0.39 is 0 Å². The maximum Gasteiger partial charge on any atom is 0.0822 e. The Morgan fingerprint density at radius 3 is 3.08 bits per heavy atom. The van der Waals surface area contributed by atoms with Crippen LogP contribution in [0.3, 0.4) is 0 Å². The Kier molecular flexibility index (Phi) is 2.35. The van der Waals surface area contributed by atoms with E-state index in [1.165, 1.54) is 19.3 Å². The summed E-state index contributed by atoms with van der Waals surface area (Å²) in [5, 5.41) is 6.74. The summed E-state index contributed by atoms with van der Waals surface area (Å²) >= 11 is 0. The minimum absolute atomic E-state index is 0.173. The summed E-state index contributed by atoms with van der Waals surface area (Å²) in [6, 6.07) is 0.671. The summed E-state index contributed by atoms with van der Waals surface area (Å²) in [4.78, 5) is 0. The molecule has 1 heterocycles. The molecule has 0 aromatic heterocycles. The molecular weight excluding hydrogens is 152 g/mol. The van der Waals surface area contributed by atoms with Gasteiger partial charge in [0.15, 0.2) is 0 Å². The van der Waals surface area contributed by atoms with Gasteiger partial charge < -0.3 is 15.4 Å². The number of hydrogen-bond acceptors (Lipinski definition) is 3. The van der Waals surface area contributed by atoms with Crippen molar-refractivity contribution < 1.29 is 4.74 Å². The molecule has 1 saturated carbocycles. The van der Waals surface area contributed by atoms with E-state index in [9.17, 15) is 0 Å². The quantitative estimate of drug-likeness (QED) is 0.586. The van der Waals surface area contributed by atoms with Gasteiger partial charge in [-0.2, -0.15) is 0 Å². The molecule has 1 aliphatic heterocycles. The lowest BCUT2D eigenvalue weighted by molar-refractivity contribution is -0.0616. The van der Waals surface area contributed by atoms with Crippen LogP contribution in [0.25, 0.3) is 0 Å². The first-order valence-electron chi connectivity index (χ1n) is 4.87. The van der Waals surface area contributed by atoms with Crippen molar-refractivity contribution in [2.24, 2.45) is 0 Å². The molecule has 1 saturated heterocycles. The molecule has 0 radical (unpaired) electrons. The molecule has 0 bridgehead atoms. The zero-order valence-corrected chi connectivity index (χ0v) is 7.73. The lowest BCUT2D eigenvalue weighted by Crippen LogP contribution is -2.48. The number of hydrogen-bond donors (Lipinski definition) is 2. The summed E-state index contributed by atoms with van der Waals surface area (Å²) in [5.74, 6) is 0. The van der Waals surface area contributed by atoms with Crippen LogP contribution in [0.2, 0.25) is 0 Å². The molecule has 2 rings (SSSR count). The van der Waals surface area contributed by atoms with Crippen LogP contribution in [0.4, 0.5) is 0 Å². The van der Waals surface area contributed by atoms with Gasteiger partial charge in [0.05, 0.1) is 12.2 Å². The van der Waals surface area contributed by atoms with Crippen LogP contribution in [-0.4, -0.2) is 38.4 Å². The highest BCUT2D eigenvalue weighted by Gasteiger charge is 2.40.